The van der Waals surface area contributed by atoms with Gasteiger partial charge in [-0.25, -0.2) is 13.9 Å². The van der Waals surface area contributed by atoms with E-state index in [2.05, 4.69) is 91.6 Å². The Bertz CT molecular complexity index is 2770. The molecule has 48 heavy (non-hydrogen) atoms. The van der Waals surface area contributed by atoms with E-state index in [0.717, 1.165) is 43.8 Å². The first-order valence-electron chi connectivity index (χ1n) is 15.3. The van der Waals surface area contributed by atoms with E-state index in [0.29, 0.717) is 50.2 Å². The molecule has 0 saturated heterocycles. The van der Waals surface area contributed by atoms with Crippen molar-refractivity contribution >= 4 is 71.7 Å². The average molecular weight is 624 g/mol. The quantitative estimate of drug-likeness (QED) is 0.171. The second-order valence-electron chi connectivity index (χ2n) is 11.5. The van der Waals surface area contributed by atoms with Crippen LogP contribution in [0.4, 0.5) is 17.1 Å². The van der Waals surface area contributed by atoms with Crippen LogP contribution >= 0.6 is 0 Å². The highest BCUT2D eigenvalue weighted by atomic mass is 16.6. The zero-order valence-corrected chi connectivity index (χ0v) is 25.0. The van der Waals surface area contributed by atoms with Crippen molar-refractivity contribution in [1.29, 1.82) is 0 Å². The molecule has 0 radical (unpaired) electrons. The number of nitrogens with zero attached hydrogens (tertiary/aromatic N) is 7. The van der Waals surface area contributed by atoms with Crippen LogP contribution < -0.4 is 4.90 Å². The standard InChI is InChI=1S/C38H21N7O3/c1-2-9-22(10-3-1)27-17-19-31(37-34(27)40-47-43-37)45(30-16-8-15-29-36(30)42-46-39-29)32-20-18-28(35-38(32)44-48-41-35)33-25-13-6-4-11-23(25)21-24-12-5-7-14-26(24)33/h1-21H. The molecular weight excluding hydrogens is 602 g/mol. The van der Waals surface area contributed by atoms with Crippen LogP contribution in [-0.2, 0) is 0 Å². The number of benzene rings is 7. The van der Waals surface area contributed by atoms with Crippen molar-refractivity contribution in [2.45, 2.75) is 0 Å². The van der Waals surface area contributed by atoms with Crippen molar-refractivity contribution in [1.82, 2.24) is 30.9 Å². The Morgan fingerprint density at radius 3 is 1.65 bits per heavy atom. The lowest BCUT2D eigenvalue weighted by molar-refractivity contribution is 0.315. The van der Waals surface area contributed by atoms with Gasteiger partial charge in [0.1, 0.15) is 16.6 Å². The summed E-state index contributed by atoms with van der Waals surface area (Å²) in [4.78, 5) is 2.01. The van der Waals surface area contributed by atoms with Gasteiger partial charge in [-0.15, -0.1) is 0 Å². The highest BCUT2D eigenvalue weighted by Gasteiger charge is 2.27. The van der Waals surface area contributed by atoms with Crippen LogP contribution in [0.15, 0.2) is 141 Å². The van der Waals surface area contributed by atoms with Crippen LogP contribution in [0.1, 0.15) is 0 Å². The molecule has 0 aliphatic rings. The normalized spacial score (nSPS) is 11.8. The average Bonchev–Trinajstić information content (AvgIpc) is 3.93. The van der Waals surface area contributed by atoms with Gasteiger partial charge in [0.2, 0.25) is 0 Å². The summed E-state index contributed by atoms with van der Waals surface area (Å²) in [6.45, 7) is 0. The van der Waals surface area contributed by atoms with Gasteiger partial charge < -0.3 is 4.90 Å². The maximum Gasteiger partial charge on any atom is 0.159 e. The van der Waals surface area contributed by atoms with Crippen LogP contribution in [0.3, 0.4) is 0 Å². The Kier molecular flexibility index (Phi) is 5.64. The summed E-state index contributed by atoms with van der Waals surface area (Å²) in [5.41, 5.74) is 9.40. The van der Waals surface area contributed by atoms with Gasteiger partial charge in [0.15, 0.2) is 16.6 Å². The first-order chi connectivity index (χ1) is 23.8. The summed E-state index contributed by atoms with van der Waals surface area (Å²) >= 11 is 0. The van der Waals surface area contributed by atoms with E-state index < -0.39 is 0 Å². The van der Waals surface area contributed by atoms with Crippen LogP contribution in [0.25, 0.3) is 76.9 Å². The van der Waals surface area contributed by atoms with Gasteiger partial charge in [-0.05, 0) is 106 Å². The first-order valence-corrected chi connectivity index (χ1v) is 15.3. The zero-order chi connectivity index (χ0) is 31.6. The van der Waals surface area contributed by atoms with Crippen LogP contribution in [0.5, 0.6) is 0 Å². The molecule has 0 bridgehead atoms. The molecule has 0 atom stereocenters. The Hall–Kier alpha value is -6.94. The first kappa shape index (κ1) is 26.3. The van der Waals surface area contributed by atoms with Gasteiger partial charge in [-0.2, -0.15) is 0 Å². The molecule has 3 aromatic heterocycles. The summed E-state index contributed by atoms with van der Waals surface area (Å²) in [5, 5.41) is 30.6. The zero-order valence-electron chi connectivity index (χ0n) is 25.0. The highest BCUT2D eigenvalue weighted by molar-refractivity contribution is 6.17. The maximum absolute atomic E-state index is 5.52. The number of rotatable bonds is 5. The largest absolute Gasteiger partial charge is 0.303 e. The highest BCUT2D eigenvalue weighted by Crippen LogP contribution is 2.47. The van der Waals surface area contributed by atoms with Crippen molar-refractivity contribution < 1.29 is 13.9 Å². The van der Waals surface area contributed by atoms with E-state index in [4.69, 9.17) is 13.9 Å². The summed E-state index contributed by atoms with van der Waals surface area (Å²) in [6, 6.07) is 42.8. The van der Waals surface area contributed by atoms with Crippen molar-refractivity contribution in [2.75, 3.05) is 4.90 Å². The van der Waals surface area contributed by atoms with Gasteiger partial charge >= 0.3 is 0 Å². The third-order valence-corrected chi connectivity index (χ3v) is 8.90. The van der Waals surface area contributed by atoms with E-state index in [1.54, 1.807) is 0 Å². The summed E-state index contributed by atoms with van der Waals surface area (Å²) in [7, 11) is 0. The molecule has 0 fully saturated rings. The van der Waals surface area contributed by atoms with E-state index in [9.17, 15) is 0 Å². The summed E-state index contributed by atoms with van der Waals surface area (Å²) in [5.74, 6) is 0. The number of aromatic nitrogens is 6. The molecular formula is C38H21N7O3. The Morgan fingerprint density at radius 1 is 0.396 bits per heavy atom. The molecule has 0 aliphatic heterocycles. The van der Waals surface area contributed by atoms with E-state index in [1.165, 1.54) is 0 Å². The molecule has 10 aromatic rings. The number of hydrogen-bond donors (Lipinski definition) is 0. The predicted molar refractivity (Wildman–Crippen MR) is 183 cm³/mol. The molecule has 0 unspecified atom stereocenters. The number of hydrogen-bond acceptors (Lipinski definition) is 10. The fourth-order valence-electron chi connectivity index (χ4n) is 6.79. The summed E-state index contributed by atoms with van der Waals surface area (Å²) < 4.78 is 16.1. The molecule has 10 rings (SSSR count). The minimum atomic E-state index is 0.551. The third kappa shape index (κ3) is 3.86. The molecule has 0 N–H and O–H groups in total. The molecule has 7 aromatic carbocycles. The Balaban J connectivity index is 1.26. The second-order valence-corrected chi connectivity index (χ2v) is 11.5. The minimum Gasteiger partial charge on any atom is -0.303 e. The van der Waals surface area contributed by atoms with Crippen molar-refractivity contribution in [2.24, 2.45) is 0 Å². The lowest BCUT2D eigenvalue weighted by Crippen LogP contribution is -2.12. The van der Waals surface area contributed by atoms with Gasteiger partial charge in [-0.3, -0.25) is 0 Å². The molecule has 0 amide bonds. The van der Waals surface area contributed by atoms with Gasteiger partial charge in [-0.1, -0.05) is 84.9 Å². The monoisotopic (exact) mass is 623 g/mol. The molecule has 3 heterocycles. The molecule has 10 nitrogen and oxygen atoms in total. The maximum atomic E-state index is 5.52. The molecule has 10 heteroatoms. The fourth-order valence-corrected chi connectivity index (χ4v) is 6.79. The fraction of sp³-hybridized carbons (Fsp3) is 0. The summed E-state index contributed by atoms with van der Waals surface area (Å²) in [6.07, 6.45) is 0. The van der Waals surface area contributed by atoms with E-state index in [-0.39, 0.29) is 0 Å². The van der Waals surface area contributed by atoms with Crippen molar-refractivity contribution in [3.05, 3.63) is 127 Å². The van der Waals surface area contributed by atoms with Crippen molar-refractivity contribution in [3.63, 3.8) is 0 Å². The second kappa shape index (κ2) is 10.3. The SMILES string of the molecule is c1ccc(-c2ccc(N(c3cccc4nonc34)c3ccc(-c4c5ccccc5cc5ccccc45)c4nonc34)c3nonc23)cc1. The van der Waals surface area contributed by atoms with Crippen LogP contribution in [0.2, 0.25) is 0 Å². The number of fused-ring (bicyclic) bond motifs is 5. The predicted octanol–water partition coefficient (Wildman–Crippen LogP) is 9.41. The molecule has 0 saturated carbocycles. The smallest absolute Gasteiger partial charge is 0.159 e. The Labute approximate surface area is 270 Å². The third-order valence-electron chi connectivity index (χ3n) is 8.90. The lowest BCUT2D eigenvalue weighted by atomic mass is 9.91. The molecule has 226 valence electrons. The number of anilines is 3. The van der Waals surface area contributed by atoms with E-state index in [1.807, 2.05) is 71.6 Å². The van der Waals surface area contributed by atoms with Crippen LogP contribution in [-0.4, -0.2) is 30.9 Å². The van der Waals surface area contributed by atoms with E-state index >= 15 is 0 Å². The van der Waals surface area contributed by atoms with Crippen LogP contribution in [0, 0.1) is 0 Å². The van der Waals surface area contributed by atoms with Gasteiger partial charge in [0, 0.05) is 11.1 Å². The minimum absolute atomic E-state index is 0.551. The topological polar surface area (TPSA) is 120 Å². The van der Waals surface area contributed by atoms with Gasteiger partial charge in [0.05, 0.1) is 17.1 Å². The molecule has 0 spiro atoms. The van der Waals surface area contributed by atoms with Gasteiger partial charge in [0.25, 0.3) is 0 Å². The van der Waals surface area contributed by atoms with Crippen molar-refractivity contribution in [3.8, 4) is 22.3 Å². The lowest BCUT2D eigenvalue weighted by Gasteiger charge is -2.26. The Morgan fingerprint density at radius 2 is 0.938 bits per heavy atom. The molecule has 0 aliphatic carbocycles.